The van der Waals surface area contributed by atoms with Gasteiger partial charge in [0.1, 0.15) is 5.69 Å². The minimum absolute atomic E-state index is 0.166. The molecule has 1 aromatic carbocycles. The number of nitroso groups, excluding NO2 is 1. The molecule has 1 heterocycles. The van der Waals surface area contributed by atoms with E-state index in [0.29, 0.717) is 5.69 Å². The van der Waals surface area contributed by atoms with Crippen LogP contribution in [0.4, 0.5) is 5.69 Å². The molecule has 20 heavy (non-hydrogen) atoms. The molecular weight excluding hydrogens is 248 g/mol. The summed E-state index contributed by atoms with van der Waals surface area (Å²) in [5, 5.41) is 3.13. The first-order chi connectivity index (χ1) is 9.85. The Morgan fingerprint density at radius 1 is 0.950 bits per heavy atom. The van der Waals surface area contributed by atoms with Gasteiger partial charge < -0.3 is 0 Å². The molecule has 2 aliphatic rings. The van der Waals surface area contributed by atoms with Gasteiger partial charge in [0.05, 0.1) is 0 Å². The fourth-order valence-electron chi connectivity index (χ4n) is 4.10. The molecule has 3 heteroatoms. The number of likely N-dealkylation sites (tertiary alicyclic amines) is 1. The van der Waals surface area contributed by atoms with Crippen LogP contribution >= 0.6 is 0 Å². The van der Waals surface area contributed by atoms with Gasteiger partial charge in [0.2, 0.25) is 0 Å². The third-order valence-corrected chi connectivity index (χ3v) is 5.13. The van der Waals surface area contributed by atoms with E-state index in [2.05, 4.69) is 16.1 Å². The SMILES string of the molecule is O=Nc1cccc(C2(N3CCCCC3)CCCCC2)c1. The maximum absolute atomic E-state index is 10.9. The zero-order valence-electron chi connectivity index (χ0n) is 12.2. The lowest BCUT2D eigenvalue weighted by molar-refractivity contribution is 0.0304. The third kappa shape index (κ3) is 2.51. The van der Waals surface area contributed by atoms with Gasteiger partial charge in [-0.25, -0.2) is 0 Å². The Morgan fingerprint density at radius 3 is 2.35 bits per heavy atom. The van der Waals surface area contributed by atoms with Crippen molar-refractivity contribution in [2.45, 2.75) is 56.9 Å². The summed E-state index contributed by atoms with van der Waals surface area (Å²) in [5.74, 6) is 0. The van der Waals surface area contributed by atoms with Crippen molar-refractivity contribution in [1.82, 2.24) is 4.90 Å². The first-order valence-electron chi connectivity index (χ1n) is 8.04. The molecule has 1 aromatic rings. The van der Waals surface area contributed by atoms with E-state index in [4.69, 9.17) is 0 Å². The maximum Gasteiger partial charge on any atom is 0.108 e. The van der Waals surface area contributed by atoms with Crippen molar-refractivity contribution in [2.24, 2.45) is 5.18 Å². The van der Waals surface area contributed by atoms with Crippen LogP contribution in [0.2, 0.25) is 0 Å². The number of piperidine rings is 1. The number of rotatable bonds is 3. The van der Waals surface area contributed by atoms with Gasteiger partial charge in [0.25, 0.3) is 0 Å². The minimum Gasteiger partial charge on any atom is -0.294 e. The Hall–Kier alpha value is -1.22. The van der Waals surface area contributed by atoms with Crippen LogP contribution in [0.15, 0.2) is 29.4 Å². The van der Waals surface area contributed by atoms with Crippen molar-refractivity contribution in [2.75, 3.05) is 13.1 Å². The highest BCUT2D eigenvalue weighted by Crippen LogP contribution is 2.44. The van der Waals surface area contributed by atoms with Crippen molar-refractivity contribution in [3.05, 3.63) is 34.7 Å². The molecule has 1 aliphatic heterocycles. The summed E-state index contributed by atoms with van der Waals surface area (Å²) in [6.45, 7) is 2.41. The number of benzene rings is 1. The number of nitrogens with zero attached hydrogens (tertiary/aromatic N) is 2. The van der Waals surface area contributed by atoms with E-state index in [1.165, 1.54) is 70.0 Å². The first-order valence-corrected chi connectivity index (χ1v) is 8.04. The van der Waals surface area contributed by atoms with Crippen molar-refractivity contribution in [3.8, 4) is 0 Å². The van der Waals surface area contributed by atoms with Gasteiger partial charge in [-0.15, -0.1) is 4.91 Å². The van der Waals surface area contributed by atoms with Crippen LogP contribution in [-0.4, -0.2) is 18.0 Å². The van der Waals surface area contributed by atoms with Gasteiger partial charge in [-0.3, -0.25) is 4.90 Å². The van der Waals surface area contributed by atoms with Gasteiger partial charge >= 0.3 is 0 Å². The fourth-order valence-corrected chi connectivity index (χ4v) is 4.10. The second-order valence-electron chi connectivity index (χ2n) is 6.28. The van der Waals surface area contributed by atoms with Crippen LogP contribution in [-0.2, 0) is 5.54 Å². The molecule has 3 rings (SSSR count). The Bertz CT molecular complexity index is 460. The molecule has 0 aromatic heterocycles. The molecular formula is C17H24N2O. The fraction of sp³-hybridized carbons (Fsp3) is 0.647. The van der Waals surface area contributed by atoms with Crippen molar-refractivity contribution in [3.63, 3.8) is 0 Å². The van der Waals surface area contributed by atoms with Crippen LogP contribution in [0.1, 0.15) is 56.9 Å². The summed E-state index contributed by atoms with van der Waals surface area (Å²) in [7, 11) is 0. The van der Waals surface area contributed by atoms with Gasteiger partial charge in [0, 0.05) is 5.54 Å². The lowest BCUT2D eigenvalue weighted by atomic mass is 9.74. The molecule has 108 valence electrons. The zero-order chi connectivity index (χ0) is 13.8. The van der Waals surface area contributed by atoms with Crippen LogP contribution in [0.5, 0.6) is 0 Å². The highest BCUT2D eigenvalue weighted by Gasteiger charge is 2.39. The summed E-state index contributed by atoms with van der Waals surface area (Å²) in [6.07, 6.45) is 10.4. The largest absolute Gasteiger partial charge is 0.294 e. The van der Waals surface area contributed by atoms with Crippen LogP contribution in [0, 0.1) is 4.91 Å². The molecule has 2 fully saturated rings. The second kappa shape index (κ2) is 6.04. The van der Waals surface area contributed by atoms with Crippen LogP contribution in [0.3, 0.4) is 0 Å². The molecule has 0 atom stereocenters. The lowest BCUT2D eigenvalue weighted by Gasteiger charge is -2.48. The Balaban J connectivity index is 1.97. The summed E-state index contributed by atoms with van der Waals surface area (Å²) in [4.78, 5) is 13.6. The van der Waals surface area contributed by atoms with Gasteiger partial charge in [-0.05, 0) is 61.6 Å². The number of hydrogen-bond donors (Lipinski definition) is 0. The highest BCUT2D eigenvalue weighted by atomic mass is 16.3. The van der Waals surface area contributed by atoms with E-state index in [-0.39, 0.29) is 5.54 Å². The monoisotopic (exact) mass is 272 g/mol. The van der Waals surface area contributed by atoms with Gasteiger partial charge in [-0.1, -0.05) is 37.8 Å². The molecule has 0 radical (unpaired) electrons. The predicted octanol–water partition coefficient (Wildman–Crippen LogP) is 4.73. The molecule has 3 nitrogen and oxygen atoms in total. The summed E-state index contributed by atoms with van der Waals surface area (Å²) < 4.78 is 0. The third-order valence-electron chi connectivity index (χ3n) is 5.13. The van der Waals surface area contributed by atoms with E-state index < -0.39 is 0 Å². The Labute approximate surface area is 121 Å². The molecule has 1 saturated carbocycles. The summed E-state index contributed by atoms with van der Waals surface area (Å²) >= 11 is 0. The molecule has 1 saturated heterocycles. The van der Waals surface area contributed by atoms with Crippen molar-refractivity contribution >= 4 is 5.69 Å². The van der Waals surface area contributed by atoms with Crippen molar-refractivity contribution < 1.29 is 0 Å². The average Bonchev–Trinajstić information content (AvgIpc) is 2.56. The average molecular weight is 272 g/mol. The predicted molar refractivity (Wildman–Crippen MR) is 82.1 cm³/mol. The van der Waals surface area contributed by atoms with E-state index in [1.54, 1.807) is 0 Å². The molecule has 0 amide bonds. The molecule has 0 N–H and O–H groups in total. The molecule has 0 bridgehead atoms. The Kier molecular flexibility index (Phi) is 4.16. The molecule has 0 spiro atoms. The smallest absolute Gasteiger partial charge is 0.108 e. The van der Waals surface area contributed by atoms with Crippen LogP contribution < -0.4 is 0 Å². The van der Waals surface area contributed by atoms with E-state index >= 15 is 0 Å². The number of hydrogen-bond acceptors (Lipinski definition) is 3. The summed E-state index contributed by atoms with van der Waals surface area (Å²) in [5.41, 5.74) is 2.06. The summed E-state index contributed by atoms with van der Waals surface area (Å²) in [6, 6.07) is 8.02. The quantitative estimate of drug-likeness (QED) is 0.745. The minimum atomic E-state index is 0.166. The van der Waals surface area contributed by atoms with Gasteiger partial charge in [0.15, 0.2) is 0 Å². The van der Waals surface area contributed by atoms with E-state index in [0.717, 1.165) is 0 Å². The van der Waals surface area contributed by atoms with Crippen LogP contribution in [0.25, 0.3) is 0 Å². The molecule has 0 unspecified atom stereocenters. The van der Waals surface area contributed by atoms with E-state index in [1.807, 2.05) is 18.2 Å². The lowest BCUT2D eigenvalue weighted by Crippen LogP contribution is -2.49. The normalized spacial score (nSPS) is 23.4. The maximum atomic E-state index is 10.9. The first kappa shape index (κ1) is 13.7. The zero-order valence-corrected chi connectivity index (χ0v) is 12.2. The molecule has 1 aliphatic carbocycles. The Morgan fingerprint density at radius 2 is 1.65 bits per heavy atom. The highest BCUT2D eigenvalue weighted by molar-refractivity contribution is 5.42. The second-order valence-corrected chi connectivity index (χ2v) is 6.28. The topological polar surface area (TPSA) is 32.7 Å². The van der Waals surface area contributed by atoms with Gasteiger partial charge in [-0.2, -0.15) is 0 Å². The van der Waals surface area contributed by atoms with Crippen molar-refractivity contribution in [1.29, 1.82) is 0 Å². The standard InChI is InChI=1S/C17H24N2O/c20-18-16-9-7-8-15(14-16)17(10-3-1-4-11-17)19-12-5-2-6-13-19/h7-9,14H,1-6,10-13H2. The van der Waals surface area contributed by atoms with E-state index in [9.17, 15) is 4.91 Å².